The summed E-state index contributed by atoms with van der Waals surface area (Å²) < 4.78 is 13.0. The normalized spacial score (nSPS) is 10.8. The number of aromatic hydroxyl groups is 2. The second-order valence-electron chi connectivity index (χ2n) is 4.63. The number of aromatic nitrogens is 1. The molecule has 0 radical (unpaired) electrons. The Kier molecular flexibility index (Phi) is 3.35. The van der Waals surface area contributed by atoms with E-state index in [4.69, 9.17) is 0 Å². The van der Waals surface area contributed by atoms with Crippen LogP contribution in [0.4, 0.5) is 4.39 Å². The lowest BCUT2D eigenvalue weighted by Gasteiger charge is -2.00. The molecule has 3 rings (SSSR count). The smallest absolute Gasteiger partial charge is 0.158 e. The molecule has 0 aliphatic carbocycles. The Morgan fingerprint density at radius 3 is 2.29 bits per heavy atom. The fourth-order valence-electron chi connectivity index (χ4n) is 2.05. The van der Waals surface area contributed by atoms with E-state index in [1.807, 2.05) is 6.92 Å². The van der Waals surface area contributed by atoms with Gasteiger partial charge in [0.15, 0.2) is 11.5 Å². The first-order valence-corrected chi connectivity index (χ1v) is 7.12. The van der Waals surface area contributed by atoms with Crippen molar-refractivity contribution in [3.05, 3.63) is 53.2 Å². The van der Waals surface area contributed by atoms with Gasteiger partial charge in [0, 0.05) is 16.0 Å². The van der Waals surface area contributed by atoms with Crippen LogP contribution in [0, 0.1) is 12.7 Å². The van der Waals surface area contributed by atoms with Crippen LogP contribution in [-0.2, 0) is 0 Å². The molecule has 0 aliphatic heterocycles. The molecular formula is C16H12FNO2S. The SMILES string of the molecule is Cc1sc(-c2ccc(O)c(O)c2)nc1-c1ccc(F)cc1. The highest BCUT2D eigenvalue weighted by molar-refractivity contribution is 7.15. The second-order valence-corrected chi connectivity index (χ2v) is 5.84. The zero-order valence-electron chi connectivity index (χ0n) is 11.2. The maximum atomic E-state index is 13.0. The van der Waals surface area contributed by atoms with E-state index < -0.39 is 0 Å². The molecule has 0 aliphatic rings. The van der Waals surface area contributed by atoms with E-state index in [1.54, 1.807) is 18.2 Å². The predicted molar refractivity (Wildman–Crippen MR) is 81.0 cm³/mol. The molecule has 0 bridgehead atoms. The van der Waals surface area contributed by atoms with E-state index >= 15 is 0 Å². The number of nitrogens with zero attached hydrogens (tertiary/aromatic N) is 1. The largest absolute Gasteiger partial charge is 0.504 e. The molecule has 0 spiro atoms. The second kappa shape index (κ2) is 5.18. The van der Waals surface area contributed by atoms with E-state index in [0.29, 0.717) is 0 Å². The Morgan fingerprint density at radius 1 is 0.952 bits per heavy atom. The summed E-state index contributed by atoms with van der Waals surface area (Å²) >= 11 is 1.48. The number of hydrogen-bond donors (Lipinski definition) is 2. The van der Waals surface area contributed by atoms with Crippen LogP contribution in [0.1, 0.15) is 4.88 Å². The lowest BCUT2D eigenvalue weighted by atomic mass is 10.1. The Bertz CT molecular complexity index is 797. The molecule has 3 aromatic rings. The Balaban J connectivity index is 2.04. The molecule has 106 valence electrons. The molecule has 1 heterocycles. The third kappa shape index (κ3) is 2.60. The van der Waals surface area contributed by atoms with Crippen molar-refractivity contribution in [2.45, 2.75) is 6.92 Å². The lowest BCUT2D eigenvalue weighted by molar-refractivity contribution is 0.404. The highest BCUT2D eigenvalue weighted by atomic mass is 32.1. The topological polar surface area (TPSA) is 53.4 Å². The quantitative estimate of drug-likeness (QED) is 0.692. The van der Waals surface area contributed by atoms with Gasteiger partial charge in [-0.1, -0.05) is 0 Å². The van der Waals surface area contributed by atoms with Crippen LogP contribution in [0.15, 0.2) is 42.5 Å². The minimum Gasteiger partial charge on any atom is -0.504 e. The number of phenolic OH excluding ortho intramolecular Hbond substituents is 2. The number of aryl methyl sites for hydroxylation is 1. The summed E-state index contributed by atoms with van der Waals surface area (Å²) in [6, 6.07) is 10.8. The molecule has 0 unspecified atom stereocenters. The number of phenols is 2. The minimum absolute atomic E-state index is 0.161. The summed E-state index contributed by atoms with van der Waals surface area (Å²) in [6.07, 6.45) is 0. The molecule has 0 atom stereocenters. The number of hydrogen-bond acceptors (Lipinski definition) is 4. The number of rotatable bonds is 2. The van der Waals surface area contributed by atoms with Gasteiger partial charge in [-0.2, -0.15) is 0 Å². The van der Waals surface area contributed by atoms with Crippen molar-refractivity contribution in [2.75, 3.05) is 0 Å². The van der Waals surface area contributed by atoms with Crippen LogP contribution in [0.2, 0.25) is 0 Å². The molecule has 1 aromatic heterocycles. The molecule has 3 nitrogen and oxygen atoms in total. The predicted octanol–water partition coefficient (Wildman–Crippen LogP) is 4.34. The molecule has 21 heavy (non-hydrogen) atoms. The van der Waals surface area contributed by atoms with Gasteiger partial charge in [-0.05, 0) is 49.4 Å². The van der Waals surface area contributed by atoms with Crippen LogP contribution in [0.5, 0.6) is 11.5 Å². The molecular weight excluding hydrogens is 289 g/mol. The average Bonchev–Trinajstić information content (AvgIpc) is 2.85. The van der Waals surface area contributed by atoms with Gasteiger partial charge in [0.05, 0.1) is 5.69 Å². The van der Waals surface area contributed by atoms with Gasteiger partial charge >= 0.3 is 0 Å². The van der Waals surface area contributed by atoms with Crippen LogP contribution < -0.4 is 0 Å². The van der Waals surface area contributed by atoms with Gasteiger partial charge in [0.25, 0.3) is 0 Å². The summed E-state index contributed by atoms with van der Waals surface area (Å²) in [7, 11) is 0. The molecule has 0 saturated carbocycles. The maximum absolute atomic E-state index is 13.0. The highest BCUT2D eigenvalue weighted by Gasteiger charge is 2.12. The maximum Gasteiger partial charge on any atom is 0.158 e. The third-order valence-corrected chi connectivity index (χ3v) is 4.16. The Morgan fingerprint density at radius 2 is 1.62 bits per heavy atom. The van der Waals surface area contributed by atoms with Crippen molar-refractivity contribution in [1.29, 1.82) is 0 Å². The standard InChI is InChI=1S/C16H12FNO2S/c1-9-15(10-2-5-12(17)6-3-10)18-16(21-9)11-4-7-13(19)14(20)8-11/h2-8,19-20H,1H3. The van der Waals surface area contributed by atoms with Crippen LogP contribution in [0.25, 0.3) is 21.8 Å². The van der Waals surface area contributed by atoms with Crippen molar-refractivity contribution >= 4 is 11.3 Å². The van der Waals surface area contributed by atoms with Gasteiger partial charge in [0.2, 0.25) is 0 Å². The molecule has 2 aromatic carbocycles. The molecule has 5 heteroatoms. The summed E-state index contributed by atoms with van der Waals surface area (Å²) in [4.78, 5) is 5.56. The first-order valence-electron chi connectivity index (χ1n) is 6.30. The molecule has 2 N–H and O–H groups in total. The Hall–Kier alpha value is -2.40. The number of thiazole rings is 1. The van der Waals surface area contributed by atoms with Gasteiger partial charge in [-0.25, -0.2) is 9.37 Å². The van der Waals surface area contributed by atoms with E-state index in [-0.39, 0.29) is 17.3 Å². The fourth-order valence-corrected chi connectivity index (χ4v) is 2.98. The van der Waals surface area contributed by atoms with Gasteiger partial charge in [0.1, 0.15) is 10.8 Å². The summed E-state index contributed by atoms with van der Waals surface area (Å²) in [5.74, 6) is -0.621. The van der Waals surface area contributed by atoms with Crippen molar-refractivity contribution in [1.82, 2.24) is 4.98 Å². The third-order valence-electron chi connectivity index (χ3n) is 3.14. The highest BCUT2D eigenvalue weighted by Crippen LogP contribution is 2.36. The van der Waals surface area contributed by atoms with Gasteiger partial charge in [-0.15, -0.1) is 11.3 Å². The summed E-state index contributed by atoms with van der Waals surface area (Å²) in [5.41, 5.74) is 2.37. The monoisotopic (exact) mass is 301 g/mol. The van der Waals surface area contributed by atoms with Crippen molar-refractivity contribution < 1.29 is 14.6 Å². The Labute approximate surface area is 125 Å². The fraction of sp³-hybridized carbons (Fsp3) is 0.0625. The van der Waals surface area contributed by atoms with Crippen LogP contribution in [0.3, 0.4) is 0 Å². The first kappa shape index (κ1) is 13.6. The van der Waals surface area contributed by atoms with E-state index in [0.717, 1.165) is 26.7 Å². The van der Waals surface area contributed by atoms with Crippen LogP contribution in [-0.4, -0.2) is 15.2 Å². The molecule has 0 amide bonds. The zero-order valence-corrected chi connectivity index (χ0v) is 12.0. The van der Waals surface area contributed by atoms with Crippen molar-refractivity contribution in [3.8, 4) is 33.3 Å². The van der Waals surface area contributed by atoms with Crippen molar-refractivity contribution in [3.63, 3.8) is 0 Å². The van der Waals surface area contributed by atoms with Gasteiger partial charge < -0.3 is 10.2 Å². The molecule has 0 fully saturated rings. The van der Waals surface area contributed by atoms with E-state index in [9.17, 15) is 14.6 Å². The van der Waals surface area contributed by atoms with Crippen molar-refractivity contribution in [2.24, 2.45) is 0 Å². The van der Waals surface area contributed by atoms with Gasteiger partial charge in [-0.3, -0.25) is 0 Å². The first-order chi connectivity index (χ1) is 10.0. The molecule has 0 saturated heterocycles. The van der Waals surface area contributed by atoms with Crippen LogP contribution >= 0.6 is 11.3 Å². The summed E-state index contributed by atoms with van der Waals surface area (Å²) in [5, 5.41) is 19.7. The average molecular weight is 301 g/mol. The number of benzene rings is 2. The zero-order chi connectivity index (χ0) is 15.0. The van der Waals surface area contributed by atoms with E-state index in [1.165, 1.54) is 35.6 Å². The number of halogens is 1. The minimum atomic E-state index is -0.282. The summed E-state index contributed by atoms with van der Waals surface area (Å²) in [6.45, 7) is 1.94. The lowest BCUT2D eigenvalue weighted by Crippen LogP contribution is -1.82. The van der Waals surface area contributed by atoms with E-state index in [2.05, 4.69) is 4.98 Å².